The molecule has 0 N–H and O–H groups in total. The van der Waals surface area contributed by atoms with Crippen LogP contribution >= 0.6 is 0 Å². The summed E-state index contributed by atoms with van der Waals surface area (Å²) >= 11 is 0. The number of rotatable bonds is 8. The average Bonchev–Trinajstić information content (AvgIpc) is 3.81. The monoisotopic (exact) mass is 862 g/mol. The zero-order valence-corrected chi connectivity index (χ0v) is 39.2. The highest BCUT2D eigenvalue weighted by molar-refractivity contribution is 6.11. The zero-order valence-electron chi connectivity index (χ0n) is 39.2. The van der Waals surface area contributed by atoms with Gasteiger partial charge in [-0.3, -0.25) is 0 Å². The van der Waals surface area contributed by atoms with Crippen LogP contribution in [0.4, 0.5) is 34.1 Å². The summed E-state index contributed by atoms with van der Waals surface area (Å²) in [6.07, 6.45) is 0. The maximum Gasteiger partial charge on any atom is 0.0737 e. The molecule has 324 valence electrons. The number of aryl methyl sites for hydroxylation is 2. The van der Waals surface area contributed by atoms with Gasteiger partial charge in [0, 0.05) is 34.1 Å². The quantitative estimate of drug-likeness (QED) is 0.150. The van der Waals surface area contributed by atoms with Crippen molar-refractivity contribution < 1.29 is 0 Å². The molecular weight excluding hydrogens is 809 g/mol. The Kier molecular flexibility index (Phi) is 9.59. The largest absolute Gasteiger partial charge is 0.310 e. The van der Waals surface area contributed by atoms with Crippen molar-refractivity contribution in [1.82, 2.24) is 0 Å². The molecule has 0 heterocycles. The Morgan fingerprint density at radius 3 is 1.09 bits per heavy atom. The molecule has 0 radical (unpaired) electrons. The number of fused-ring (bicyclic) bond motifs is 14. The smallest absolute Gasteiger partial charge is 0.0737 e. The predicted molar refractivity (Wildman–Crippen MR) is 285 cm³/mol. The van der Waals surface area contributed by atoms with Crippen LogP contribution in [0.3, 0.4) is 0 Å². The van der Waals surface area contributed by atoms with Crippen molar-refractivity contribution in [3.63, 3.8) is 0 Å². The van der Waals surface area contributed by atoms with Crippen LogP contribution in [-0.2, 0) is 5.41 Å². The molecule has 0 fully saturated rings. The molecule has 0 aliphatic heterocycles. The third-order valence-corrected chi connectivity index (χ3v) is 14.6. The van der Waals surface area contributed by atoms with E-state index >= 15 is 0 Å². The fourth-order valence-corrected chi connectivity index (χ4v) is 11.8. The van der Waals surface area contributed by atoms with Crippen LogP contribution in [0.25, 0.3) is 43.8 Å². The summed E-state index contributed by atoms with van der Waals surface area (Å²) in [5.41, 5.74) is 22.4. The molecule has 0 saturated carbocycles. The van der Waals surface area contributed by atoms with Gasteiger partial charge in [0.25, 0.3) is 0 Å². The first-order chi connectivity index (χ1) is 32.7. The molecule has 2 nitrogen and oxygen atoms in total. The Hall–Kier alpha value is -7.68. The van der Waals surface area contributed by atoms with Crippen LogP contribution < -0.4 is 9.80 Å². The van der Waals surface area contributed by atoms with E-state index in [4.69, 9.17) is 0 Å². The van der Waals surface area contributed by atoms with E-state index in [1.54, 1.807) is 0 Å². The van der Waals surface area contributed by atoms with Gasteiger partial charge in [-0.1, -0.05) is 149 Å². The van der Waals surface area contributed by atoms with Gasteiger partial charge in [-0.15, -0.1) is 0 Å². The molecule has 67 heavy (non-hydrogen) atoms. The summed E-state index contributed by atoms with van der Waals surface area (Å²) in [6.45, 7) is 13.8. The van der Waals surface area contributed by atoms with Crippen molar-refractivity contribution in [2.24, 2.45) is 0 Å². The first-order valence-electron chi connectivity index (χ1n) is 24.0. The number of hydrogen-bond donors (Lipinski definition) is 0. The first kappa shape index (κ1) is 40.8. The van der Waals surface area contributed by atoms with Crippen molar-refractivity contribution in [3.8, 4) is 22.3 Å². The second-order valence-corrected chi connectivity index (χ2v) is 19.4. The predicted octanol–water partition coefficient (Wildman–Crippen LogP) is 18.1. The van der Waals surface area contributed by atoms with Gasteiger partial charge in [0.15, 0.2) is 0 Å². The minimum Gasteiger partial charge on any atom is -0.310 e. The summed E-state index contributed by atoms with van der Waals surface area (Å²) in [4.78, 5) is 4.84. The first-order valence-corrected chi connectivity index (χ1v) is 24.0. The van der Waals surface area contributed by atoms with Crippen LogP contribution in [0.1, 0.15) is 84.0 Å². The minimum atomic E-state index is -0.562. The van der Waals surface area contributed by atoms with E-state index in [0.717, 1.165) is 34.1 Å². The Balaban J connectivity index is 1.19. The van der Waals surface area contributed by atoms with Crippen molar-refractivity contribution in [3.05, 3.63) is 251 Å². The highest BCUT2D eigenvalue weighted by Crippen LogP contribution is 2.66. The van der Waals surface area contributed by atoms with Crippen LogP contribution in [0, 0.1) is 13.8 Å². The van der Waals surface area contributed by atoms with Crippen molar-refractivity contribution in [1.29, 1.82) is 0 Å². The molecule has 1 spiro atoms. The molecule has 12 rings (SSSR count). The normalized spacial score (nSPS) is 13.0. The number of benzene rings is 10. The topological polar surface area (TPSA) is 6.48 Å². The molecule has 0 amide bonds. The van der Waals surface area contributed by atoms with Gasteiger partial charge in [0.2, 0.25) is 0 Å². The molecule has 0 unspecified atom stereocenters. The third kappa shape index (κ3) is 6.23. The van der Waals surface area contributed by atoms with Gasteiger partial charge >= 0.3 is 0 Å². The second-order valence-electron chi connectivity index (χ2n) is 19.4. The molecule has 0 aromatic heterocycles. The molecule has 0 atom stereocenters. The lowest BCUT2D eigenvalue weighted by Crippen LogP contribution is -2.27. The van der Waals surface area contributed by atoms with Gasteiger partial charge in [-0.25, -0.2) is 0 Å². The second kappa shape index (κ2) is 15.7. The lowest BCUT2D eigenvalue weighted by molar-refractivity contribution is 0.806. The average molecular weight is 863 g/mol. The summed E-state index contributed by atoms with van der Waals surface area (Å²) in [5.74, 6) is 0.571. The molecule has 10 aromatic rings. The van der Waals surface area contributed by atoms with Crippen molar-refractivity contribution in [2.45, 2.75) is 58.8 Å². The Bertz CT molecular complexity index is 3320. The molecule has 2 aliphatic rings. The van der Waals surface area contributed by atoms with Gasteiger partial charge in [0.1, 0.15) is 0 Å². The molecule has 2 aliphatic carbocycles. The molecular formula is C65H54N2. The molecule has 2 heteroatoms. The fourth-order valence-electron chi connectivity index (χ4n) is 11.8. The SMILES string of the molecule is Cc1cccc(N(c2ccccc2)c2ccc3c4c(cc(C(C)C)c3c2)-c2cc(C(C)C)c3cc(N(c5ccccc5)c5cccc(C)c5)ccc3c2C42c3ccccc3-c3ccccc32)c1. The van der Waals surface area contributed by atoms with Gasteiger partial charge in [-0.05, 0) is 199 Å². The van der Waals surface area contributed by atoms with Crippen LogP contribution in [0.2, 0.25) is 0 Å². The lowest BCUT2D eigenvalue weighted by atomic mass is 9.67. The highest BCUT2D eigenvalue weighted by Gasteiger charge is 2.53. The zero-order chi connectivity index (χ0) is 45.6. The van der Waals surface area contributed by atoms with Crippen LogP contribution in [0.15, 0.2) is 206 Å². The number of nitrogens with zero attached hydrogens (tertiary/aromatic N) is 2. The minimum absolute atomic E-state index is 0.286. The maximum absolute atomic E-state index is 2.59. The Morgan fingerprint density at radius 1 is 0.313 bits per heavy atom. The van der Waals surface area contributed by atoms with Crippen LogP contribution in [0.5, 0.6) is 0 Å². The van der Waals surface area contributed by atoms with E-state index in [2.05, 4.69) is 258 Å². The molecule has 0 bridgehead atoms. The highest BCUT2D eigenvalue weighted by atomic mass is 15.1. The van der Waals surface area contributed by atoms with E-state index < -0.39 is 5.41 Å². The van der Waals surface area contributed by atoms with Gasteiger partial charge in [-0.2, -0.15) is 0 Å². The summed E-state index contributed by atoms with van der Waals surface area (Å²) in [7, 11) is 0. The molecule has 10 aromatic carbocycles. The summed E-state index contributed by atoms with van der Waals surface area (Å²) < 4.78 is 0. The number of anilines is 6. The van der Waals surface area contributed by atoms with Gasteiger partial charge < -0.3 is 9.80 Å². The van der Waals surface area contributed by atoms with E-state index in [9.17, 15) is 0 Å². The van der Waals surface area contributed by atoms with E-state index in [-0.39, 0.29) is 11.8 Å². The van der Waals surface area contributed by atoms with Gasteiger partial charge in [0.05, 0.1) is 5.41 Å². The summed E-state index contributed by atoms with van der Waals surface area (Å²) in [5, 5.41) is 5.24. The number of para-hydroxylation sites is 2. The summed E-state index contributed by atoms with van der Waals surface area (Å²) in [6, 6.07) is 77.7. The van der Waals surface area contributed by atoms with E-state index in [1.165, 1.54) is 88.3 Å². The van der Waals surface area contributed by atoms with Crippen molar-refractivity contribution in [2.75, 3.05) is 9.80 Å². The van der Waals surface area contributed by atoms with E-state index in [0.29, 0.717) is 0 Å². The fraction of sp³-hybridized carbons (Fsp3) is 0.138. The maximum atomic E-state index is 2.59. The Labute approximate surface area is 395 Å². The lowest BCUT2D eigenvalue weighted by Gasteiger charge is -2.34. The van der Waals surface area contributed by atoms with Crippen molar-refractivity contribution >= 4 is 55.7 Å². The third-order valence-electron chi connectivity index (χ3n) is 14.6. The molecule has 0 saturated heterocycles. The standard InChI is InChI=1S/C65H54N2/c1-41(2)55-39-59-60-40-56(42(3)4)58-38-50(67(46-23-11-8-12-24-46)48-26-18-20-44(6)36-48)32-34-54(58)64(60)65(61-29-15-13-27-51(61)52-28-14-16-30-62(52)65)63(59)53-33-31-49(37-57(53)55)66(45-21-9-7-10-22-45)47-25-17-19-43(5)35-47/h7-42H,1-6H3. The number of hydrogen-bond acceptors (Lipinski definition) is 2. The van der Waals surface area contributed by atoms with Crippen LogP contribution in [-0.4, -0.2) is 0 Å². The van der Waals surface area contributed by atoms with E-state index in [1.807, 2.05) is 0 Å². The Morgan fingerprint density at radius 2 is 0.687 bits per heavy atom.